The van der Waals surface area contributed by atoms with E-state index in [2.05, 4.69) is 43.6 Å². The largest absolute Gasteiger partial charge is 0.357 e. The van der Waals surface area contributed by atoms with Crippen LogP contribution in [0.5, 0.6) is 0 Å². The molecule has 1 fully saturated rings. The molecule has 1 aliphatic rings. The van der Waals surface area contributed by atoms with Gasteiger partial charge in [-0.05, 0) is 24.6 Å². The van der Waals surface area contributed by atoms with Crippen molar-refractivity contribution >= 4 is 52.5 Å². The molecule has 2 N–H and O–H groups in total. The number of hydrogen-bond donors (Lipinski definition) is 2. The molecule has 0 radical (unpaired) electrons. The van der Waals surface area contributed by atoms with Crippen molar-refractivity contribution in [3.8, 4) is 0 Å². The average molecular weight is 543 g/mol. The average Bonchev–Trinajstić information content (AvgIpc) is 3.26. The second-order valence-electron chi connectivity index (χ2n) is 6.77. The first-order chi connectivity index (χ1) is 14.1. The summed E-state index contributed by atoms with van der Waals surface area (Å²) in [5, 5.41) is 7.05. The molecule has 1 aromatic heterocycles. The lowest BCUT2D eigenvalue weighted by atomic mass is 10.1. The first-order valence-electron chi connectivity index (χ1n) is 10.1. The van der Waals surface area contributed by atoms with E-state index in [1.165, 1.54) is 11.5 Å². The Morgan fingerprint density at radius 3 is 2.43 bits per heavy atom. The molecule has 2 aromatic rings. The Morgan fingerprint density at radius 2 is 1.87 bits per heavy atom. The summed E-state index contributed by atoms with van der Waals surface area (Å²) in [6.07, 6.45) is 0.873. The number of aryl methyl sites for hydroxylation is 1. The van der Waals surface area contributed by atoms with E-state index in [9.17, 15) is 4.79 Å². The molecular weight excluding hydrogens is 513 g/mol. The van der Waals surface area contributed by atoms with E-state index in [0.717, 1.165) is 61.6 Å². The van der Waals surface area contributed by atoms with Gasteiger partial charge in [0.25, 0.3) is 5.91 Å². The number of nitrogens with one attached hydrogen (secondary N) is 2. The molecule has 30 heavy (non-hydrogen) atoms. The first kappa shape index (κ1) is 24.3. The lowest BCUT2D eigenvalue weighted by Crippen LogP contribution is -2.52. The van der Waals surface area contributed by atoms with E-state index in [1.807, 2.05) is 24.3 Å². The number of aromatic nitrogens is 2. The third kappa shape index (κ3) is 6.27. The molecule has 0 bridgehead atoms. The molecule has 1 aromatic carbocycles. The van der Waals surface area contributed by atoms with Crippen molar-refractivity contribution in [2.45, 2.75) is 26.8 Å². The molecular formula is C20H30IN7OS. The quantitative estimate of drug-likeness (QED) is 0.331. The number of carbonyl (C=O) groups excluding carboxylic acids is 1. The summed E-state index contributed by atoms with van der Waals surface area (Å²) < 4.78 is 4.39. The summed E-state index contributed by atoms with van der Waals surface area (Å²) in [4.78, 5) is 25.7. The fourth-order valence-corrected chi connectivity index (χ4v) is 3.93. The number of piperazine rings is 1. The molecule has 0 aliphatic carbocycles. The third-order valence-corrected chi connectivity index (χ3v) is 5.63. The van der Waals surface area contributed by atoms with Crippen molar-refractivity contribution in [1.82, 2.24) is 24.9 Å². The predicted molar refractivity (Wildman–Crippen MR) is 133 cm³/mol. The van der Waals surface area contributed by atoms with Gasteiger partial charge < -0.3 is 20.4 Å². The highest BCUT2D eigenvalue weighted by molar-refractivity contribution is 14.0. The van der Waals surface area contributed by atoms with Crippen LogP contribution in [0.3, 0.4) is 0 Å². The Labute approximate surface area is 199 Å². The van der Waals surface area contributed by atoms with Crippen molar-refractivity contribution in [2.24, 2.45) is 4.99 Å². The zero-order valence-electron chi connectivity index (χ0n) is 17.7. The standard InChI is InChI=1S/C20H29N7OS.HI/c1-4-17-24-20(29-25-17)27-12-10-26(11-13-27)19(22-5-2)23-14-15-6-8-16(9-7-15)18(28)21-3;/h6-9H,4-5,10-14H2,1-3H3,(H,21,28)(H,22,23);1H. The summed E-state index contributed by atoms with van der Waals surface area (Å²) in [7, 11) is 1.64. The fourth-order valence-electron chi connectivity index (χ4n) is 3.12. The molecule has 10 heteroatoms. The van der Waals surface area contributed by atoms with Crippen LogP contribution < -0.4 is 15.5 Å². The van der Waals surface area contributed by atoms with Crippen LogP contribution in [0.2, 0.25) is 0 Å². The van der Waals surface area contributed by atoms with Crippen LogP contribution in [0.25, 0.3) is 0 Å². The Morgan fingerprint density at radius 1 is 1.17 bits per heavy atom. The van der Waals surface area contributed by atoms with Gasteiger partial charge in [-0.1, -0.05) is 19.1 Å². The summed E-state index contributed by atoms with van der Waals surface area (Å²) in [5.74, 6) is 1.77. The molecule has 0 unspecified atom stereocenters. The smallest absolute Gasteiger partial charge is 0.251 e. The van der Waals surface area contributed by atoms with Crippen LogP contribution >= 0.6 is 35.5 Å². The lowest BCUT2D eigenvalue weighted by molar-refractivity contribution is 0.0963. The van der Waals surface area contributed by atoms with Crippen molar-refractivity contribution in [1.29, 1.82) is 0 Å². The minimum atomic E-state index is -0.0762. The van der Waals surface area contributed by atoms with Gasteiger partial charge >= 0.3 is 0 Å². The van der Waals surface area contributed by atoms with Crippen molar-refractivity contribution in [3.05, 3.63) is 41.2 Å². The van der Waals surface area contributed by atoms with E-state index >= 15 is 0 Å². The van der Waals surface area contributed by atoms with Gasteiger partial charge in [-0.15, -0.1) is 24.0 Å². The van der Waals surface area contributed by atoms with Gasteiger partial charge in [0, 0.05) is 63.3 Å². The van der Waals surface area contributed by atoms with E-state index in [-0.39, 0.29) is 29.9 Å². The van der Waals surface area contributed by atoms with Gasteiger partial charge in [-0.3, -0.25) is 4.79 Å². The van der Waals surface area contributed by atoms with E-state index in [1.54, 1.807) is 7.05 Å². The van der Waals surface area contributed by atoms with E-state index in [4.69, 9.17) is 4.99 Å². The molecule has 3 rings (SSSR count). The molecule has 0 saturated carbocycles. The normalized spacial score (nSPS) is 14.3. The Kier molecular flexibility index (Phi) is 9.76. The monoisotopic (exact) mass is 543 g/mol. The Balaban J connectivity index is 0.00000320. The number of anilines is 1. The van der Waals surface area contributed by atoms with E-state index < -0.39 is 0 Å². The maximum Gasteiger partial charge on any atom is 0.251 e. The predicted octanol–water partition coefficient (Wildman–Crippen LogP) is 2.37. The summed E-state index contributed by atoms with van der Waals surface area (Å²) in [6.45, 7) is 9.16. The minimum absolute atomic E-state index is 0. The van der Waals surface area contributed by atoms with Gasteiger partial charge in [0.1, 0.15) is 5.82 Å². The van der Waals surface area contributed by atoms with Crippen LogP contribution in [-0.2, 0) is 13.0 Å². The number of aliphatic imine (C=N–C) groups is 1. The minimum Gasteiger partial charge on any atom is -0.357 e. The van der Waals surface area contributed by atoms with Gasteiger partial charge in [-0.2, -0.15) is 4.37 Å². The van der Waals surface area contributed by atoms with Crippen LogP contribution in [-0.4, -0.2) is 65.9 Å². The van der Waals surface area contributed by atoms with Crippen LogP contribution in [0.1, 0.15) is 35.6 Å². The number of carbonyl (C=O) groups is 1. The van der Waals surface area contributed by atoms with Gasteiger partial charge in [0.2, 0.25) is 5.13 Å². The highest BCUT2D eigenvalue weighted by Gasteiger charge is 2.22. The summed E-state index contributed by atoms with van der Waals surface area (Å²) in [6, 6.07) is 7.58. The molecule has 2 heterocycles. The van der Waals surface area contributed by atoms with Crippen LogP contribution in [0, 0.1) is 0 Å². The topological polar surface area (TPSA) is 85.8 Å². The molecule has 164 valence electrons. The van der Waals surface area contributed by atoms with Gasteiger partial charge in [0.15, 0.2) is 5.96 Å². The van der Waals surface area contributed by atoms with Crippen molar-refractivity contribution < 1.29 is 4.79 Å². The number of nitrogens with zero attached hydrogens (tertiary/aromatic N) is 5. The van der Waals surface area contributed by atoms with Crippen molar-refractivity contribution in [3.63, 3.8) is 0 Å². The zero-order valence-corrected chi connectivity index (χ0v) is 20.9. The molecule has 1 amide bonds. The highest BCUT2D eigenvalue weighted by atomic mass is 127. The highest BCUT2D eigenvalue weighted by Crippen LogP contribution is 2.19. The maximum atomic E-state index is 11.7. The summed E-state index contributed by atoms with van der Waals surface area (Å²) in [5.41, 5.74) is 1.74. The third-order valence-electron chi connectivity index (χ3n) is 4.81. The zero-order chi connectivity index (χ0) is 20.6. The number of benzene rings is 1. The second-order valence-corrected chi connectivity index (χ2v) is 7.50. The molecule has 0 atom stereocenters. The van der Waals surface area contributed by atoms with E-state index in [0.29, 0.717) is 12.1 Å². The number of hydrogen-bond acceptors (Lipinski definition) is 6. The van der Waals surface area contributed by atoms with Crippen LogP contribution in [0.4, 0.5) is 5.13 Å². The molecule has 1 saturated heterocycles. The summed E-state index contributed by atoms with van der Waals surface area (Å²) >= 11 is 1.48. The number of rotatable bonds is 6. The van der Waals surface area contributed by atoms with Crippen molar-refractivity contribution in [2.75, 3.05) is 44.7 Å². The maximum absolute atomic E-state index is 11.7. The second kappa shape index (κ2) is 12.0. The molecule has 8 nitrogen and oxygen atoms in total. The molecule has 1 aliphatic heterocycles. The first-order valence-corrected chi connectivity index (χ1v) is 10.8. The van der Waals surface area contributed by atoms with Gasteiger partial charge in [-0.25, -0.2) is 9.98 Å². The SMILES string of the molecule is CCNC(=NCc1ccc(C(=O)NC)cc1)N1CCN(c2nc(CC)ns2)CC1.I. The lowest BCUT2D eigenvalue weighted by Gasteiger charge is -2.36. The Bertz CT molecular complexity index is 832. The number of guanidine groups is 1. The fraction of sp³-hybridized carbons (Fsp3) is 0.500. The number of halogens is 1. The van der Waals surface area contributed by atoms with Gasteiger partial charge in [0.05, 0.1) is 6.54 Å². The number of amides is 1. The molecule has 0 spiro atoms. The Hall–Kier alpha value is -1.95. The van der Waals surface area contributed by atoms with Crippen LogP contribution in [0.15, 0.2) is 29.3 Å².